The third-order valence-corrected chi connectivity index (χ3v) is 3.44. The van der Waals surface area contributed by atoms with E-state index in [9.17, 15) is 9.90 Å². The topological polar surface area (TPSA) is 55.8 Å². The number of carboxylic acids is 1. The molecule has 0 fully saturated rings. The standard InChI is InChI=1S/C20H22O4/c1-13(2)24-16-8-6-15(7-9-16)12-18(20(21)22)17-11-14(3)5-10-19(17)23-4/h5-13H,1-4H3,(H,21,22)/b18-12-. The number of carbonyl (C=O) groups is 1. The Hall–Kier alpha value is -2.75. The number of ether oxygens (including phenoxy) is 2. The van der Waals surface area contributed by atoms with Gasteiger partial charge in [0.15, 0.2) is 0 Å². The number of benzene rings is 2. The smallest absolute Gasteiger partial charge is 0.336 e. The van der Waals surface area contributed by atoms with Gasteiger partial charge in [0.25, 0.3) is 0 Å². The molecule has 2 aromatic carbocycles. The molecule has 4 nitrogen and oxygen atoms in total. The number of rotatable bonds is 6. The SMILES string of the molecule is COc1ccc(C)cc1/C(=C/c1ccc(OC(C)C)cc1)C(=O)O. The summed E-state index contributed by atoms with van der Waals surface area (Å²) in [4.78, 5) is 11.7. The van der Waals surface area contributed by atoms with Crippen LogP contribution in [0, 0.1) is 6.92 Å². The Morgan fingerprint density at radius 2 is 1.79 bits per heavy atom. The maximum absolute atomic E-state index is 11.7. The molecule has 126 valence electrons. The Morgan fingerprint density at radius 1 is 1.12 bits per heavy atom. The lowest BCUT2D eigenvalue weighted by atomic mass is 10.00. The van der Waals surface area contributed by atoms with Crippen molar-refractivity contribution in [1.29, 1.82) is 0 Å². The lowest BCUT2D eigenvalue weighted by molar-refractivity contribution is -0.130. The molecule has 0 aromatic heterocycles. The monoisotopic (exact) mass is 326 g/mol. The van der Waals surface area contributed by atoms with E-state index in [2.05, 4.69) is 0 Å². The van der Waals surface area contributed by atoms with Crippen molar-refractivity contribution in [2.75, 3.05) is 7.11 Å². The molecule has 0 unspecified atom stereocenters. The Bertz CT molecular complexity index is 743. The van der Waals surface area contributed by atoms with E-state index in [4.69, 9.17) is 9.47 Å². The summed E-state index contributed by atoms with van der Waals surface area (Å²) in [7, 11) is 1.53. The van der Waals surface area contributed by atoms with Gasteiger partial charge >= 0.3 is 5.97 Å². The average Bonchev–Trinajstić information content (AvgIpc) is 2.53. The minimum Gasteiger partial charge on any atom is -0.496 e. The second-order valence-electron chi connectivity index (χ2n) is 5.80. The third-order valence-electron chi connectivity index (χ3n) is 3.44. The molecule has 0 bridgehead atoms. The summed E-state index contributed by atoms with van der Waals surface area (Å²) < 4.78 is 10.9. The lowest BCUT2D eigenvalue weighted by Crippen LogP contribution is -2.05. The highest BCUT2D eigenvalue weighted by molar-refractivity contribution is 6.21. The van der Waals surface area contributed by atoms with Gasteiger partial charge in [-0.05, 0) is 56.7 Å². The van der Waals surface area contributed by atoms with Crippen LogP contribution in [0.1, 0.15) is 30.5 Å². The first-order chi connectivity index (χ1) is 11.4. The third kappa shape index (κ3) is 4.38. The van der Waals surface area contributed by atoms with Gasteiger partial charge in [0.1, 0.15) is 11.5 Å². The van der Waals surface area contributed by atoms with Crippen molar-refractivity contribution in [1.82, 2.24) is 0 Å². The molecule has 0 atom stereocenters. The first-order valence-corrected chi connectivity index (χ1v) is 7.77. The van der Waals surface area contributed by atoms with Crippen LogP contribution in [-0.4, -0.2) is 24.3 Å². The maximum atomic E-state index is 11.7. The van der Waals surface area contributed by atoms with Gasteiger partial charge < -0.3 is 14.6 Å². The number of hydrogen-bond donors (Lipinski definition) is 1. The molecule has 2 rings (SSSR count). The largest absolute Gasteiger partial charge is 0.496 e. The van der Waals surface area contributed by atoms with Crippen molar-refractivity contribution in [2.24, 2.45) is 0 Å². The Kier molecular flexibility index (Phi) is 5.64. The van der Waals surface area contributed by atoms with E-state index in [-0.39, 0.29) is 11.7 Å². The van der Waals surface area contributed by atoms with Gasteiger partial charge in [-0.25, -0.2) is 4.79 Å². The molecule has 0 aliphatic carbocycles. The van der Waals surface area contributed by atoms with Crippen LogP contribution in [0.25, 0.3) is 11.6 Å². The number of methoxy groups -OCH3 is 1. The molecular formula is C20H22O4. The molecule has 0 saturated carbocycles. The minimum atomic E-state index is -0.999. The molecular weight excluding hydrogens is 304 g/mol. The van der Waals surface area contributed by atoms with Crippen LogP contribution in [0.5, 0.6) is 11.5 Å². The number of hydrogen-bond acceptors (Lipinski definition) is 3. The molecule has 0 aliphatic rings. The molecule has 0 aliphatic heterocycles. The highest BCUT2D eigenvalue weighted by atomic mass is 16.5. The number of aliphatic carboxylic acids is 1. The summed E-state index contributed by atoms with van der Waals surface area (Å²) in [6.07, 6.45) is 1.73. The predicted molar refractivity (Wildman–Crippen MR) is 95.4 cm³/mol. The molecule has 4 heteroatoms. The van der Waals surface area contributed by atoms with Crippen molar-refractivity contribution in [3.63, 3.8) is 0 Å². The van der Waals surface area contributed by atoms with Crippen LogP contribution in [-0.2, 0) is 4.79 Å². The minimum absolute atomic E-state index is 0.0949. The first kappa shape index (κ1) is 17.6. The van der Waals surface area contributed by atoms with E-state index in [1.807, 2.05) is 57.2 Å². The average molecular weight is 326 g/mol. The first-order valence-electron chi connectivity index (χ1n) is 7.77. The summed E-state index contributed by atoms with van der Waals surface area (Å²) >= 11 is 0. The van der Waals surface area contributed by atoms with E-state index >= 15 is 0 Å². The second kappa shape index (κ2) is 7.68. The Balaban J connectivity index is 2.42. The van der Waals surface area contributed by atoms with Gasteiger partial charge in [0, 0.05) is 5.56 Å². The molecule has 0 spiro atoms. The van der Waals surface area contributed by atoms with Crippen LogP contribution in [0.3, 0.4) is 0 Å². The molecule has 0 heterocycles. The van der Waals surface area contributed by atoms with Gasteiger partial charge in [-0.15, -0.1) is 0 Å². The van der Waals surface area contributed by atoms with Crippen molar-refractivity contribution >= 4 is 17.6 Å². The fourth-order valence-electron chi connectivity index (χ4n) is 2.37. The summed E-state index contributed by atoms with van der Waals surface area (Å²) in [5.74, 6) is 0.294. The number of aryl methyl sites for hydroxylation is 1. The zero-order valence-corrected chi connectivity index (χ0v) is 14.4. The maximum Gasteiger partial charge on any atom is 0.336 e. The van der Waals surface area contributed by atoms with Crippen molar-refractivity contribution in [2.45, 2.75) is 26.9 Å². The van der Waals surface area contributed by atoms with E-state index in [0.717, 1.165) is 16.9 Å². The lowest BCUT2D eigenvalue weighted by Gasteiger charge is -2.11. The van der Waals surface area contributed by atoms with Gasteiger partial charge in [-0.1, -0.05) is 23.8 Å². The van der Waals surface area contributed by atoms with E-state index in [1.54, 1.807) is 12.1 Å². The molecule has 0 saturated heterocycles. The summed E-state index contributed by atoms with van der Waals surface area (Å²) in [5, 5.41) is 9.62. The number of carboxylic acid groups (broad SMARTS) is 1. The van der Waals surface area contributed by atoms with Crippen molar-refractivity contribution in [3.05, 3.63) is 59.2 Å². The molecule has 0 radical (unpaired) electrons. The van der Waals surface area contributed by atoms with E-state index in [0.29, 0.717) is 11.3 Å². The van der Waals surface area contributed by atoms with Crippen LogP contribution in [0.2, 0.25) is 0 Å². The highest BCUT2D eigenvalue weighted by Crippen LogP contribution is 2.29. The summed E-state index contributed by atoms with van der Waals surface area (Å²) in [5.41, 5.74) is 2.51. The normalized spacial score (nSPS) is 11.5. The van der Waals surface area contributed by atoms with Crippen LogP contribution >= 0.6 is 0 Å². The molecule has 24 heavy (non-hydrogen) atoms. The fraction of sp³-hybridized carbons (Fsp3) is 0.250. The van der Waals surface area contributed by atoms with Gasteiger partial charge in [0.2, 0.25) is 0 Å². The zero-order chi connectivity index (χ0) is 17.7. The van der Waals surface area contributed by atoms with Crippen LogP contribution < -0.4 is 9.47 Å². The Labute approximate surface area is 142 Å². The predicted octanol–water partition coefficient (Wildman–Crippen LogP) is 4.42. The van der Waals surface area contributed by atoms with E-state index in [1.165, 1.54) is 7.11 Å². The van der Waals surface area contributed by atoms with Crippen LogP contribution in [0.4, 0.5) is 0 Å². The second-order valence-corrected chi connectivity index (χ2v) is 5.80. The quantitative estimate of drug-likeness (QED) is 0.631. The molecule has 2 aromatic rings. The summed E-state index contributed by atoms with van der Waals surface area (Å²) in [6, 6.07) is 12.8. The fourth-order valence-corrected chi connectivity index (χ4v) is 2.37. The van der Waals surface area contributed by atoms with Gasteiger partial charge in [-0.3, -0.25) is 0 Å². The Morgan fingerprint density at radius 3 is 2.33 bits per heavy atom. The molecule has 0 amide bonds. The summed E-state index contributed by atoms with van der Waals surface area (Å²) in [6.45, 7) is 5.83. The van der Waals surface area contributed by atoms with Gasteiger partial charge in [0.05, 0.1) is 18.8 Å². The van der Waals surface area contributed by atoms with E-state index < -0.39 is 5.97 Å². The van der Waals surface area contributed by atoms with Gasteiger partial charge in [-0.2, -0.15) is 0 Å². The molecule has 1 N–H and O–H groups in total. The zero-order valence-electron chi connectivity index (χ0n) is 14.4. The van der Waals surface area contributed by atoms with Crippen molar-refractivity contribution < 1.29 is 19.4 Å². The van der Waals surface area contributed by atoms with Crippen LogP contribution in [0.15, 0.2) is 42.5 Å². The highest BCUT2D eigenvalue weighted by Gasteiger charge is 2.15. The van der Waals surface area contributed by atoms with Crippen molar-refractivity contribution in [3.8, 4) is 11.5 Å².